The van der Waals surface area contributed by atoms with Crippen molar-refractivity contribution >= 4 is 11.9 Å². The smallest absolute Gasteiger partial charge is 0.326 e. The molecule has 1 amide bonds. The summed E-state index contributed by atoms with van der Waals surface area (Å²) < 4.78 is 0. The van der Waals surface area contributed by atoms with Gasteiger partial charge in [-0.25, -0.2) is 4.79 Å². The molecule has 0 bridgehead atoms. The highest BCUT2D eigenvalue weighted by Gasteiger charge is 2.41. The van der Waals surface area contributed by atoms with E-state index in [1.165, 1.54) is 0 Å². The summed E-state index contributed by atoms with van der Waals surface area (Å²) in [5.74, 6) is -0.551. The van der Waals surface area contributed by atoms with Crippen LogP contribution in [0, 0.1) is 11.8 Å². The van der Waals surface area contributed by atoms with Gasteiger partial charge in [-0.05, 0) is 25.2 Å². The molecular formula is C9H13NO3. The van der Waals surface area contributed by atoms with Crippen LogP contribution in [0.25, 0.3) is 0 Å². The van der Waals surface area contributed by atoms with E-state index < -0.39 is 12.0 Å². The standard InChI is InChI=1S/C9H13NO3/c11-8-6-3-1-2-5(6)4-7(10-8)9(12)13/h5-7H,1-4H2,(H,10,11)(H,12,13)/t5-,6-,7-/m0/s1. The van der Waals surface area contributed by atoms with Crippen LogP contribution >= 0.6 is 0 Å². The predicted molar refractivity (Wildman–Crippen MR) is 45.0 cm³/mol. The van der Waals surface area contributed by atoms with Crippen LogP contribution in [0.2, 0.25) is 0 Å². The number of hydrogen-bond donors (Lipinski definition) is 2. The van der Waals surface area contributed by atoms with Crippen LogP contribution in [0.3, 0.4) is 0 Å². The second kappa shape index (κ2) is 3.01. The highest BCUT2D eigenvalue weighted by molar-refractivity contribution is 5.86. The van der Waals surface area contributed by atoms with Crippen molar-refractivity contribution < 1.29 is 14.7 Å². The maximum absolute atomic E-state index is 11.4. The third kappa shape index (κ3) is 1.41. The fourth-order valence-corrected chi connectivity index (χ4v) is 2.47. The summed E-state index contributed by atoms with van der Waals surface area (Å²) >= 11 is 0. The highest BCUT2D eigenvalue weighted by atomic mass is 16.4. The van der Waals surface area contributed by atoms with Gasteiger partial charge >= 0.3 is 5.97 Å². The topological polar surface area (TPSA) is 66.4 Å². The number of nitrogens with one attached hydrogen (secondary N) is 1. The van der Waals surface area contributed by atoms with Crippen molar-refractivity contribution in [2.24, 2.45) is 11.8 Å². The summed E-state index contributed by atoms with van der Waals surface area (Å²) in [5.41, 5.74) is 0. The van der Waals surface area contributed by atoms with Crippen molar-refractivity contribution in [2.75, 3.05) is 0 Å². The molecule has 13 heavy (non-hydrogen) atoms. The molecule has 0 radical (unpaired) electrons. The van der Waals surface area contributed by atoms with Gasteiger partial charge in [0.2, 0.25) is 5.91 Å². The molecule has 72 valence electrons. The Bertz CT molecular complexity index is 251. The van der Waals surface area contributed by atoms with Crippen LogP contribution in [0.5, 0.6) is 0 Å². The fourth-order valence-electron chi connectivity index (χ4n) is 2.47. The van der Waals surface area contributed by atoms with Crippen molar-refractivity contribution in [1.82, 2.24) is 5.32 Å². The van der Waals surface area contributed by atoms with Crippen LogP contribution in [0.4, 0.5) is 0 Å². The lowest BCUT2D eigenvalue weighted by atomic mass is 9.85. The molecule has 2 rings (SSSR count). The lowest BCUT2D eigenvalue weighted by Crippen LogP contribution is -2.50. The number of rotatable bonds is 1. The van der Waals surface area contributed by atoms with Gasteiger partial charge in [0.05, 0.1) is 0 Å². The Labute approximate surface area is 76.3 Å². The lowest BCUT2D eigenvalue weighted by Gasteiger charge is -2.29. The van der Waals surface area contributed by atoms with Crippen LogP contribution in [0.1, 0.15) is 25.7 Å². The minimum absolute atomic E-state index is 0.0545. The van der Waals surface area contributed by atoms with Crippen molar-refractivity contribution in [2.45, 2.75) is 31.7 Å². The molecule has 1 aliphatic carbocycles. The number of carbonyl (C=O) groups is 2. The lowest BCUT2D eigenvalue weighted by molar-refractivity contribution is -0.145. The molecule has 1 saturated carbocycles. The van der Waals surface area contributed by atoms with Crippen molar-refractivity contribution in [3.8, 4) is 0 Å². The van der Waals surface area contributed by atoms with E-state index >= 15 is 0 Å². The molecule has 0 spiro atoms. The molecule has 2 N–H and O–H groups in total. The molecular weight excluding hydrogens is 170 g/mol. The SMILES string of the molecule is O=C(O)[C@@H]1C[C@@H]2CCC[C@@H]2C(=O)N1. The Morgan fingerprint density at radius 1 is 1.46 bits per heavy atom. The quantitative estimate of drug-likeness (QED) is 0.617. The number of aliphatic carboxylic acids is 1. The number of carboxylic acids is 1. The fraction of sp³-hybridized carbons (Fsp3) is 0.778. The number of piperidine rings is 1. The Morgan fingerprint density at radius 2 is 2.23 bits per heavy atom. The zero-order valence-corrected chi connectivity index (χ0v) is 7.32. The van der Waals surface area contributed by atoms with Gasteiger partial charge < -0.3 is 10.4 Å². The first-order chi connectivity index (χ1) is 6.18. The molecule has 1 saturated heterocycles. The van der Waals surface area contributed by atoms with Gasteiger partial charge in [-0.1, -0.05) is 6.42 Å². The Morgan fingerprint density at radius 3 is 2.92 bits per heavy atom. The van der Waals surface area contributed by atoms with E-state index in [9.17, 15) is 9.59 Å². The Balaban J connectivity index is 2.09. The summed E-state index contributed by atoms with van der Waals surface area (Å²) in [6.45, 7) is 0. The van der Waals surface area contributed by atoms with Crippen LogP contribution in [-0.4, -0.2) is 23.0 Å². The summed E-state index contributed by atoms with van der Waals surface area (Å²) in [4.78, 5) is 22.1. The zero-order valence-electron chi connectivity index (χ0n) is 7.32. The normalized spacial score (nSPS) is 38.2. The number of fused-ring (bicyclic) bond motifs is 1. The molecule has 0 aromatic carbocycles. The van der Waals surface area contributed by atoms with E-state index in [4.69, 9.17) is 5.11 Å². The zero-order chi connectivity index (χ0) is 9.42. The van der Waals surface area contributed by atoms with Crippen LogP contribution in [0.15, 0.2) is 0 Å². The Kier molecular flexibility index (Phi) is 1.98. The number of carboxylic acid groups (broad SMARTS) is 1. The maximum Gasteiger partial charge on any atom is 0.326 e. The summed E-state index contributed by atoms with van der Waals surface area (Å²) in [6, 6.07) is -0.646. The molecule has 0 unspecified atom stereocenters. The van der Waals surface area contributed by atoms with Gasteiger partial charge in [0.1, 0.15) is 6.04 Å². The van der Waals surface area contributed by atoms with Crippen molar-refractivity contribution in [3.63, 3.8) is 0 Å². The van der Waals surface area contributed by atoms with E-state index in [2.05, 4.69) is 5.32 Å². The van der Waals surface area contributed by atoms with E-state index in [1.807, 2.05) is 0 Å². The van der Waals surface area contributed by atoms with Crippen molar-refractivity contribution in [1.29, 1.82) is 0 Å². The van der Waals surface area contributed by atoms with E-state index in [0.29, 0.717) is 12.3 Å². The maximum atomic E-state index is 11.4. The highest BCUT2D eigenvalue weighted by Crippen LogP contribution is 2.37. The van der Waals surface area contributed by atoms with E-state index in [1.54, 1.807) is 0 Å². The van der Waals surface area contributed by atoms with E-state index in [0.717, 1.165) is 19.3 Å². The minimum atomic E-state index is -0.904. The van der Waals surface area contributed by atoms with Gasteiger partial charge in [0, 0.05) is 5.92 Å². The average molecular weight is 183 g/mol. The molecule has 1 aliphatic heterocycles. The van der Waals surface area contributed by atoms with Gasteiger partial charge in [-0.2, -0.15) is 0 Å². The molecule has 1 heterocycles. The van der Waals surface area contributed by atoms with Crippen LogP contribution < -0.4 is 5.32 Å². The van der Waals surface area contributed by atoms with Gasteiger partial charge in [0.15, 0.2) is 0 Å². The first-order valence-electron chi connectivity index (χ1n) is 4.71. The van der Waals surface area contributed by atoms with Gasteiger partial charge in [-0.3, -0.25) is 4.79 Å². The largest absolute Gasteiger partial charge is 0.480 e. The number of amides is 1. The summed E-state index contributed by atoms with van der Waals surface area (Å²) in [5, 5.41) is 11.3. The second-order valence-electron chi connectivity index (χ2n) is 3.93. The molecule has 4 heteroatoms. The summed E-state index contributed by atoms with van der Waals surface area (Å²) in [6.07, 6.45) is 3.63. The Hall–Kier alpha value is -1.06. The molecule has 3 atom stereocenters. The minimum Gasteiger partial charge on any atom is -0.480 e. The monoisotopic (exact) mass is 183 g/mol. The third-order valence-electron chi connectivity index (χ3n) is 3.15. The molecule has 2 fully saturated rings. The summed E-state index contributed by atoms with van der Waals surface area (Å²) in [7, 11) is 0. The number of hydrogen-bond acceptors (Lipinski definition) is 2. The first kappa shape index (κ1) is 8.53. The first-order valence-corrected chi connectivity index (χ1v) is 4.71. The molecule has 0 aromatic heterocycles. The van der Waals surface area contributed by atoms with Gasteiger partial charge in [-0.15, -0.1) is 0 Å². The van der Waals surface area contributed by atoms with Crippen molar-refractivity contribution in [3.05, 3.63) is 0 Å². The molecule has 0 aromatic rings. The van der Waals surface area contributed by atoms with Gasteiger partial charge in [0.25, 0.3) is 0 Å². The average Bonchev–Trinajstić information content (AvgIpc) is 2.51. The predicted octanol–water partition coefficient (Wildman–Crippen LogP) is 0.376. The number of carbonyl (C=O) groups excluding carboxylic acids is 1. The molecule has 4 nitrogen and oxygen atoms in total. The molecule has 2 aliphatic rings. The third-order valence-corrected chi connectivity index (χ3v) is 3.15. The van der Waals surface area contributed by atoms with E-state index in [-0.39, 0.29) is 11.8 Å². The second-order valence-corrected chi connectivity index (χ2v) is 3.93. The van der Waals surface area contributed by atoms with Crippen LogP contribution in [-0.2, 0) is 9.59 Å².